The van der Waals surface area contributed by atoms with Crippen molar-refractivity contribution in [1.29, 1.82) is 0 Å². The number of nitrogens with zero attached hydrogens (tertiary/aromatic N) is 3. The number of methoxy groups -OCH3 is 2. The monoisotopic (exact) mass is 445 g/mol. The van der Waals surface area contributed by atoms with E-state index in [0.29, 0.717) is 31.0 Å². The van der Waals surface area contributed by atoms with Gasteiger partial charge in [0.25, 0.3) is 5.91 Å². The summed E-state index contributed by atoms with van der Waals surface area (Å²) in [6, 6.07) is 18.4. The number of hydrogen-bond acceptors (Lipinski definition) is 5. The zero-order valence-corrected chi connectivity index (χ0v) is 19.0. The van der Waals surface area contributed by atoms with Crippen LogP contribution in [0.15, 0.2) is 66.9 Å². The van der Waals surface area contributed by atoms with Gasteiger partial charge < -0.3 is 19.3 Å². The lowest BCUT2D eigenvalue weighted by molar-refractivity contribution is -0.138. The first-order valence-electron chi connectivity index (χ1n) is 10.8. The lowest BCUT2D eigenvalue weighted by Gasteiger charge is -2.39. The number of aromatic nitrogens is 1. The van der Waals surface area contributed by atoms with E-state index in [0.717, 1.165) is 22.4 Å². The van der Waals surface area contributed by atoms with Crippen LogP contribution in [-0.2, 0) is 11.2 Å². The largest absolute Gasteiger partial charge is 0.496 e. The molecule has 0 spiro atoms. The Morgan fingerprint density at radius 1 is 0.970 bits per heavy atom. The lowest BCUT2D eigenvalue weighted by atomic mass is 9.92. The number of piperazine rings is 1. The van der Waals surface area contributed by atoms with Crippen LogP contribution in [-0.4, -0.2) is 67.0 Å². The third kappa shape index (κ3) is 4.53. The normalized spacial score (nSPS) is 16.0. The number of pyridine rings is 1. The van der Waals surface area contributed by atoms with E-state index in [-0.39, 0.29) is 11.8 Å². The van der Waals surface area contributed by atoms with Gasteiger partial charge in [-0.05, 0) is 23.3 Å². The number of carbonyl (C=O) groups excluding carboxylic acids is 2. The van der Waals surface area contributed by atoms with Crippen LogP contribution >= 0.6 is 0 Å². The second-order valence-corrected chi connectivity index (χ2v) is 7.92. The van der Waals surface area contributed by atoms with Crippen LogP contribution in [0.25, 0.3) is 11.1 Å². The van der Waals surface area contributed by atoms with Crippen molar-refractivity contribution in [3.63, 3.8) is 0 Å². The van der Waals surface area contributed by atoms with Gasteiger partial charge in [-0.15, -0.1) is 0 Å². The van der Waals surface area contributed by atoms with E-state index in [9.17, 15) is 9.59 Å². The highest BCUT2D eigenvalue weighted by Gasteiger charge is 2.37. The highest BCUT2D eigenvalue weighted by atomic mass is 16.5. The molecule has 1 aromatic heterocycles. The van der Waals surface area contributed by atoms with Crippen molar-refractivity contribution in [3.8, 4) is 22.8 Å². The molecule has 0 saturated carbocycles. The molecule has 3 aromatic rings. The molecule has 2 aromatic carbocycles. The molecule has 4 rings (SSSR count). The summed E-state index contributed by atoms with van der Waals surface area (Å²) >= 11 is 0. The van der Waals surface area contributed by atoms with Gasteiger partial charge in [0.05, 0.1) is 19.8 Å². The Hall–Kier alpha value is -3.87. The maximum Gasteiger partial charge on any atom is 0.256 e. The van der Waals surface area contributed by atoms with Crippen LogP contribution in [0.1, 0.15) is 15.9 Å². The highest BCUT2D eigenvalue weighted by Crippen LogP contribution is 2.33. The van der Waals surface area contributed by atoms with Crippen molar-refractivity contribution in [2.24, 2.45) is 0 Å². The molecule has 1 unspecified atom stereocenters. The molecule has 1 atom stereocenters. The number of benzene rings is 2. The van der Waals surface area contributed by atoms with Crippen LogP contribution in [0, 0.1) is 0 Å². The molecular weight excluding hydrogens is 418 g/mol. The summed E-state index contributed by atoms with van der Waals surface area (Å²) in [6.45, 7) is 0.938. The molecule has 7 nitrogen and oxygen atoms in total. The number of para-hydroxylation sites is 1. The molecule has 7 heteroatoms. The van der Waals surface area contributed by atoms with Crippen LogP contribution in [0.5, 0.6) is 11.6 Å². The molecule has 2 amide bonds. The first-order chi connectivity index (χ1) is 16.0. The average Bonchev–Trinajstić information content (AvgIpc) is 2.87. The van der Waals surface area contributed by atoms with Gasteiger partial charge in [-0.3, -0.25) is 9.59 Å². The van der Waals surface area contributed by atoms with Crippen LogP contribution in [0.3, 0.4) is 0 Å². The predicted molar refractivity (Wildman–Crippen MR) is 125 cm³/mol. The van der Waals surface area contributed by atoms with Gasteiger partial charge in [0, 0.05) is 44.4 Å². The van der Waals surface area contributed by atoms with E-state index < -0.39 is 6.04 Å². The minimum atomic E-state index is -0.616. The van der Waals surface area contributed by atoms with E-state index in [1.807, 2.05) is 48.5 Å². The zero-order chi connectivity index (χ0) is 23.4. The summed E-state index contributed by atoms with van der Waals surface area (Å²) in [5, 5.41) is 0. The molecule has 1 aliphatic rings. The second kappa shape index (κ2) is 9.73. The van der Waals surface area contributed by atoms with Gasteiger partial charge in [-0.25, -0.2) is 4.98 Å². The van der Waals surface area contributed by atoms with Crippen LogP contribution < -0.4 is 9.47 Å². The van der Waals surface area contributed by atoms with Crippen molar-refractivity contribution in [2.45, 2.75) is 12.5 Å². The Labute approximate surface area is 193 Å². The van der Waals surface area contributed by atoms with Gasteiger partial charge in [0.15, 0.2) is 0 Å². The predicted octanol–water partition coefficient (Wildman–Crippen LogP) is 3.29. The Morgan fingerprint density at radius 2 is 1.70 bits per heavy atom. The zero-order valence-electron chi connectivity index (χ0n) is 19.0. The van der Waals surface area contributed by atoms with Crippen molar-refractivity contribution in [1.82, 2.24) is 14.8 Å². The molecular formula is C26H27N3O4. The average molecular weight is 446 g/mol. The second-order valence-electron chi connectivity index (χ2n) is 7.92. The summed E-state index contributed by atoms with van der Waals surface area (Å²) in [5.41, 5.74) is 3.33. The van der Waals surface area contributed by atoms with Crippen molar-refractivity contribution in [3.05, 3.63) is 78.0 Å². The number of carbonyl (C=O) groups is 2. The minimum absolute atomic E-state index is 0.0779. The van der Waals surface area contributed by atoms with E-state index in [1.165, 1.54) is 13.3 Å². The minimum Gasteiger partial charge on any atom is -0.496 e. The Kier molecular flexibility index (Phi) is 6.58. The molecule has 0 radical (unpaired) electrons. The molecule has 170 valence electrons. The topological polar surface area (TPSA) is 72.0 Å². The first kappa shape index (κ1) is 22.3. The summed E-state index contributed by atoms with van der Waals surface area (Å²) < 4.78 is 10.7. The standard InChI is InChI=1S/C26H27N3O4/c1-28-14-15-29(25(30)19-12-13-24(33-3)27-17-19)22(26(28)31)16-18-8-4-5-9-20(18)21-10-6-7-11-23(21)32-2/h4-13,17,22H,14-16H2,1-3H3. The fraction of sp³-hybridized carbons (Fsp3) is 0.269. The van der Waals surface area contributed by atoms with Gasteiger partial charge >= 0.3 is 0 Å². The molecule has 0 bridgehead atoms. The van der Waals surface area contributed by atoms with Crippen molar-refractivity contribution < 1.29 is 19.1 Å². The van der Waals surface area contributed by atoms with Crippen LogP contribution in [0.2, 0.25) is 0 Å². The smallest absolute Gasteiger partial charge is 0.256 e. The quantitative estimate of drug-likeness (QED) is 0.582. The summed E-state index contributed by atoms with van der Waals surface area (Å²) in [7, 11) is 4.95. The summed E-state index contributed by atoms with van der Waals surface area (Å²) in [4.78, 5) is 34.1. The molecule has 1 aliphatic heterocycles. The molecule has 2 heterocycles. The van der Waals surface area contributed by atoms with Gasteiger partial charge in [-0.2, -0.15) is 0 Å². The lowest BCUT2D eigenvalue weighted by Crippen LogP contribution is -2.58. The molecule has 0 N–H and O–H groups in total. The summed E-state index contributed by atoms with van der Waals surface area (Å²) in [6.07, 6.45) is 1.89. The van der Waals surface area contributed by atoms with E-state index in [1.54, 1.807) is 36.1 Å². The number of ether oxygens (including phenoxy) is 2. The summed E-state index contributed by atoms with van der Waals surface area (Å²) in [5.74, 6) is 0.898. The number of hydrogen-bond donors (Lipinski definition) is 0. The maximum absolute atomic E-state index is 13.4. The van der Waals surface area contributed by atoms with Crippen molar-refractivity contribution >= 4 is 11.8 Å². The first-order valence-corrected chi connectivity index (χ1v) is 10.8. The van der Waals surface area contributed by atoms with Crippen molar-refractivity contribution in [2.75, 3.05) is 34.4 Å². The van der Waals surface area contributed by atoms with Gasteiger partial charge in [-0.1, -0.05) is 42.5 Å². The Bertz CT molecular complexity index is 1150. The van der Waals surface area contributed by atoms with Gasteiger partial charge in [0.2, 0.25) is 11.8 Å². The third-order valence-corrected chi connectivity index (χ3v) is 5.99. The maximum atomic E-state index is 13.4. The molecule has 1 saturated heterocycles. The van der Waals surface area contributed by atoms with E-state index in [4.69, 9.17) is 9.47 Å². The fourth-order valence-corrected chi connectivity index (χ4v) is 4.18. The number of likely N-dealkylation sites (N-methyl/N-ethyl adjacent to an activating group) is 1. The molecule has 33 heavy (non-hydrogen) atoms. The molecule has 1 fully saturated rings. The molecule has 0 aliphatic carbocycles. The highest BCUT2D eigenvalue weighted by molar-refractivity contribution is 5.98. The number of amides is 2. The third-order valence-electron chi connectivity index (χ3n) is 5.99. The Morgan fingerprint density at radius 3 is 2.39 bits per heavy atom. The fourth-order valence-electron chi connectivity index (χ4n) is 4.18. The van der Waals surface area contributed by atoms with E-state index >= 15 is 0 Å². The number of rotatable bonds is 6. The Balaban J connectivity index is 1.68. The van der Waals surface area contributed by atoms with Gasteiger partial charge in [0.1, 0.15) is 11.8 Å². The SMILES string of the molecule is COc1ccc(C(=O)N2CCN(C)C(=O)C2Cc2ccccc2-c2ccccc2OC)cn1. The van der Waals surface area contributed by atoms with Crippen LogP contribution in [0.4, 0.5) is 0 Å². The van der Waals surface area contributed by atoms with E-state index in [2.05, 4.69) is 4.98 Å².